The van der Waals surface area contributed by atoms with Gasteiger partial charge in [0, 0.05) is 57.3 Å². The summed E-state index contributed by atoms with van der Waals surface area (Å²) >= 11 is 0. The number of nitrogens with zero attached hydrogens (tertiary/aromatic N) is 5. The number of rotatable bonds is 8. The topological polar surface area (TPSA) is 72.1 Å². The minimum Gasteiger partial charge on any atom is -0.357 e. The molecule has 7 nitrogen and oxygen atoms in total. The molecule has 0 unspecified atom stereocenters. The van der Waals surface area contributed by atoms with Gasteiger partial charge in [0.05, 0.1) is 0 Å². The number of aryl methyl sites for hydroxylation is 2. The van der Waals surface area contributed by atoms with Gasteiger partial charge in [-0.25, -0.2) is 0 Å². The minimum absolute atomic E-state index is 0.794. The van der Waals surface area contributed by atoms with Gasteiger partial charge < -0.3 is 19.8 Å². The van der Waals surface area contributed by atoms with E-state index in [1.807, 2.05) is 0 Å². The molecule has 4 rings (SSSR count). The van der Waals surface area contributed by atoms with Crippen molar-refractivity contribution in [2.24, 2.45) is 4.99 Å². The standard InChI is InChI=1S/C23H33N7/c1-2-24-23(25-14-8-16-29-18-13-19-9-5-6-10-20(19)29)26-15-12-22-28-27-21-11-4-3-7-17-30(21)22/h5-6,9-10,13,18H,2-4,7-8,11-12,14-17H2,1H3,(H2,24,25,26). The average molecular weight is 408 g/mol. The first kappa shape index (κ1) is 20.4. The maximum Gasteiger partial charge on any atom is 0.191 e. The van der Waals surface area contributed by atoms with Crippen molar-refractivity contribution in [1.82, 2.24) is 30.0 Å². The fourth-order valence-corrected chi connectivity index (χ4v) is 4.13. The maximum absolute atomic E-state index is 4.75. The van der Waals surface area contributed by atoms with Crippen LogP contribution in [0.2, 0.25) is 0 Å². The van der Waals surface area contributed by atoms with E-state index in [2.05, 4.69) is 73.4 Å². The molecule has 0 atom stereocenters. The fraction of sp³-hybridized carbons (Fsp3) is 0.522. The fourth-order valence-electron chi connectivity index (χ4n) is 4.13. The number of guanidine groups is 1. The van der Waals surface area contributed by atoms with Gasteiger partial charge >= 0.3 is 0 Å². The van der Waals surface area contributed by atoms with Gasteiger partial charge in [0.1, 0.15) is 11.6 Å². The predicted molar refractivity (Wildman–Crippen MR) is 122 cm³/mol. The Morgan fingerprint density at radius 2 is 2.03 bits per heavy atom. The maximum atomic E-state index is 4.75. The highest BCUT2D eigenvalue weighted by atomic mass is 15.3. The Hall–Kier alpha value is -2.83. The van der Waals surface area contributed by atoms with Crippen molar-refractivity contribution in [3.63, 3.8) is 0 Å². The summed E-state index contributed by atoms with van der Waals surface area (Å²) in [4.78, 5) is 4.75. The molecule has 1 aliphatic rings. The predicted octanol–water partition coefficient (Wildman–Crippen LogP) is 3.15. The van der Waals surface area contributed by atoms with Crippen LogP contribution in [0.5, 0.6) is 0 Å². The zero-order valence-corrected chi connectivity index (χ0v) is 18.0. The first-order valence-electron chi connectivity index (χ1n) is 11.3. The van der Waals surface area contributed by atoms with Crippen LogP contribution in [0, 0.1) is 0 Å². The van der Waals surface area contributed by atoms with Gasteiger partial charge in [0.15, 0.2) is 5.96 Å². The Morgan fingerprint density at radius 1 is 1.10 bits per heavy atom. The summed E-state index contributed by atoms with van der Waals surface area (Å²) in [7, 11) is 0. The average Bonchev–Trinajstić information content (AvgIpc) is 3.27. The summed E-state index contributed by atoms with van der Waals surface area (Å²) in [5, 5.41) is 16.9. The molecule has 0 spiro atoms. The van der Waals surface area contributed by atoms with E-state index in [4.69, 9.17) is 4.99 Å². The van der Waals surface area contributed by atoms with Gasteiger partial charge in [0.2, 0.25) is 0 Å². The largest absolute Gasteiger partial charge is 0.357 e. The second-order valence-corrected chi connectivity index (χ2v) is 7.85. The SMILES string of the molecule is CCNC(=NCCCn1ccc2ccccc21)NCCc1nnc2n1CCCCC2. The molecule has 3 heterocycles. The van der Waals surface area contributed by atoms with Crippen molar-refractivity contribution >= 4 is 16.9 Å². The van der Waals surface area contributed by atoms with Crippen molar-refractivity contribution in [1.29, 1.82) is 0 Å². The Labute approximate surface area is 178 Å². The molecule has 0 bridgehead atoms. The zero-order valence-electron chi connectivity index (χ0n) is 18.0. The molecular formula is C23H33N7. The molecule has 30 heavy (non-hydrogen) atoms. The van der Waals surface area contributed by atoms with Crippen molar-refractivity contribution in [2.75, 3.05) is 19.6 Å². The number of aliphatic imine (C=N–C) groups is 1. The monoisotopic (exact) mass is 407 g/mol. The quantitative estimate of drug-likeness (QED) is 0.342. The van der Waals surface area contributed by atoms with Gasteiger partial charge in [-0.05, 0) is 43.7 Å². The summed E-state index contributed by atoms with van der Waals surface area (Å²) in [6.45, 7) is 6.59. The van der Waals surface area contributed by atoms with Crippen LogP contribution in [0.1, 0.15) is 44.3 Å². The molecule has 0 saturated carbocycles. The van der Waals surface area contributed by atoms with Gasteiger partial charge in [-0.2, -0.15) is 0 Å². The normalized spacial score (nSPS) is 14.5. The molecule has 7 heteroatoms. The highest BCUT2D eigenvalue weighted by Gasteiger charge is 2.14. The number of benzene rings is 1. The van der Waals surface area contributed by atoms with Gasteiger partial charge in [-0.3, -0.25) is 4.99 Å². The molecule has 0 fully saturated rings. The Bertz CT molecular complexity index is 969. The molecule has 1 aliphatic heterocycles. The highest BCUT2D eigenvalue weighted by Crippen LogP contribution is 2.16. The molecule has 0 amide bonds. The lowest BCUT2D eigenvalue weighted by Gasteiger charge is -2.12. The summed E-state index contributed by atoms with van der Waals surface area (Å²) < 4.78 is 4.63. The van der Waals surface area contributed by atoms with Crippen LogP contribution in [0.4, 0.5) is 0 Å². The van der Waals surface area contributed by atoms with E-state index >= 15 is 0 Å². The van der Waals surface area contributed by atoms with Crippen LogP contribution in [-0.2, 0) is 25.9 Å². The first-order valence-corrected chi connectivity index (χ1v) is 11.3. The lowest BCUT2D eigenvalue weighted by atomic mass is 10.2. The van der Waals surface area contributed by atoms with Crippen LogP contribution in [-0.4, -0.2) is 44.9 Å². The molecule has 0 saturated heterocycles. The third-order valence-electron chi connectivity index (χ3n) is 5.68. The summed E-state index contributed by atoms with van der Waals surface area (Å²) in [6.07, 6.45) is 8.84. The third-order valence-corrected chi connectivity index (χ3v) is 5.68. The number of fused-ring (bicyclic) bond motifs is 2. The van der Waals surface area contributed by atoms with Crippen molar-refractivity contribution in [3.8, 4) is 0 Å². The number of hydrogen-bond donors (Lipinski definition) is 2. The number of aromatic nitrogens is 4. The van der Waals surface area contributed by atoms with Gasteiger partial charge in [-0.1, -0.05) is 24.6 Å². The molecule has 2 N–H and O–H groups in total. The van der Waals surface area contributed by atoms with Crippen LogP contribution in [0.25, 0.3) is 10.9 Å². The number of nitrogens with one attached hydrogen (secondary N) is 2. The zero-order chi connectivity index (χ0) is 20.6. The molecule has 2 aromatic heterocycles. The number of hydrogen-bond acceptors (Lipinski definition) is 3. The van der Waals surface area contributed by atoms with E-state index in [-0.39, 0.29) is 0 Å². The lowest BCUT2D eigenvalue weighted by Crippen LogP contribution is -2.38. The second kappa shape index (κ2) is 10.3. The van der Waals surface area contributed by atoms with E-state index in [9.17, 15) is 0 Å². The van der Waals surface area contributed by atoms with E-state index in [0.717, 1.165) is 69.6 Å². The van der Waals surface area contributed by atoms with Crippen molar-refractivity contribution in [3.05, 3.63) is 48.2 Å². The van der Waals surface area contributed by atoms with Crippen LogP contribution in [0.15, 0.2) is 41.5 Å². The summed E-state index contributed by atoms with van der Waals surface area (Å²) in [5.74, 6) is 3.13. The Balaban J connectivity index is 1.26. The van der Waals surface area contributed by atoms with E-state index in [1.54, 1.807) is 0 Å². The smallest absolute Gasteiger partial charge is 0.191 e. The summed E-state index contributed by atoms with van der Waals surface area (Å²) in [5.41, 5.74) is 1.29. The highest BCUT2D eigenvalue weighted by molar-refractivity contribution is 5.80. The summed E-state index contributed by atoms with van der Waals surface area (Å²) in [6, 6.07) is 10.7. The Kier molecular flexibility index (Phi) is 7.00. The molecule has 3 aromatic rings. The van der Waals surface area contributed by atoms with E-state index < -0.39 is 0 Å². The van der Waals surface area contributed by atoms with Crippen molar-refractivity contribution in [2.45, 2.75) is 58.5 Å². The van der Waals surface area contributed by atoms with Crippen molar-refractivity contribution < 1.29 is 0 Å². The molecule has 160 valence electrons. The van der Waals surface area contributed by atoms with Gasteiger partial charge in [0.25, 0.3) is 0 Å². The first-order chi connectivity index (χ1) is 14.8. The molecule has 1 aromatic carbocycles. The van der Waals surface area contributed by atoms with Crippen LogP contribution >= 0.6 is 0 Å². The van der Waals surface area contributed by atoms with Crippen LogP contribution < -0.4 is 10.6 Å². The third kappa shape index (κ3) is 5.01. The number of para-hydroxylation sites is 1. The molecule has 0 radical (unpaired) electrons. The second-order valence-electron chi connectivity index (χ2n) is 7.85. The lowest BCUT2D eigenvalue weighted by molar-refractivity contribution is 0.600. The van der Waals surface area contributed by atoms with E-state index in [1.165, 1.54) is 30.2 Å². The molecule has 0 aliphatic carbocycles. The minimum atomic E-state index is 0.794. The Morgan fingerprint density at radius 3 is 2.97 bits per heavy atom. The van der Waals surface area contributed by atoms with Gasteiger partial charge in [-0.15, -0.1) is 10.2 Å². The van der Waals surface area contributed by atoms with Crippen LogP contribution in [0.3, 0.4) is 0 Å². The molecular weight excluding hydrogens is 374 g/mol. The van der Waals surface area contributed by atoms with E-state index in [0.29, 0.717) is 0 Å².